The summed E-state index contributed by atoms with van der Waals surface area (Å²) < 4.78 is 5.98. The Hall–Kier alpha value is -1.83. The Bertz CT molecular complexity index is 620. The van der Waals surface area contributed by atoms with E-state index in [0.29, 0.717) is 5.92 Å². The summed E-state index contributed by atoms with van der Waals surface area (Å²) in [6.07, 6.45) is 4.27. The van der Waals surface area contributed by atoms with Crippen LogP contribution in [-0.2, 0) is 0 Å². The van der Waals surface area contributed by atoms with Gasteiger partial charge in [0.25, 0.3) is 0 Å². The maximum atomic E-state index is 5.98. The second-order valence-corrected chi connectivity index (χ2v) is 5.21. The first kappa shape index (κ1) is 11.3. The van der Waals surface area contributed by atoms with Gasteiger partial charge < -0.3 is 4.74 Å². The molecule has 2 nitrogen and oxygen atoms in total. The Kier molecular flexibility index (Phi) is 2.40. The van der Waals surface area contributed by atoms with Crippen LogP contribution in [0, 0.1) is 19.8 Å². The average molecular weight is 239 g/mol. The lowest BCUT2D eigenvalue weighted by Gasteiger charge is -2.24. The molecule has 2 aliphatic rings. The Balaban J connectivity index is 2.14. The number of rotatable bonds is 0. The summed E-state index contributed by atoms with van der Waals surface area (Å²) in [5.74, 6) is 2.18. The second-order valence-electron chi connectivity index (χ2n) is 5.21. The maximum absolute atomic E-state index is 5.98. The molecule has 0 bridgehead atoms. The van der Waals surface area contributed by atoms with Crippen molar-refractivity contribution in [1.29, 1.82) is 0 Å². The molecule has 0 fully saturated rings. The van der Waals surface area contributed by atoms with Crippen LogP contribution in [0.3, 0.4) is 0 Å². The van der Waals surface area contributed by atoms with Crippen LogP contribution in [0.5, 0.6) is 5.75 Å². The fourth-order valence-electron chi connectivity index (χ4n) is 2.23. The molecule has 2 heteroatoms. The lowest BCUT2D eigenvalue weighted by Crippen LogP contribution is -2.17. The molecule has 1 heterocycles. The van der Waals surface area contributed by atoms with Gasteiger partial charge in [-0.1, -0.05) is 12.5 Å². The fourth-order valence-corrected chi connectivity index (χ4v) is 2.23. The van der Waals surface area contributed by atoms with Crippen molar-refractivity contribution >= 4 is 11.4 Å². The van der Waals surface area contributed by atoms with Crippen molar-refractivity contribution < 1.29 is 4.74 Å². The van der Waals surface area contributed by atoms with Crippen molar-refractivity contribution in [1.82, 2.24) is 0 Å². The van der Waals surface area contributed by atoms with Gasteiger partial charge in [0.2, 0.25) is 0 Å². The van der Waals surface area contributed by atoms with Crippen LogP contribution in [-0.4, -0.2) is 5.71 Å². The largest absolute Gasteiger partial charge is 0.453 e. The van der Waals surface area contributed by atoms with Gasteiger partial charge in [0.15, 0.2) is 5.75 Å². The van der Waals surface area contributed by atoms with Gasteiger partial charge >= 0.3 is 0 Å². The van der Waals surface area contributed by atoms with Crippen LogP contribution >= 0.6 is 0 Å². The highest BCUT2D eigenvalue weighted by Gasteiger charge is 2.22. The Morgan fingerprint density at radius 2 is 1.83 bits per heavy atom. The molecule has 1 aliphatic carbocycles. The first-order valence-corrected chi connectivity index (χ1v) is 6.33. The molecule has 92 valence electrons. The second kappa shape index (κ2) is 3.84. The predicted molar refractivity (Wildman–Crippen MR) is 74.6 cm³/mol. The molecule has 3 rings (SSSR count). The number of aliphatic imine (C=N–C) groups is 1. The normalized spacial score (nSPS) is 21.1. The van der Waals surface area contributed by atoms with Gasteiger partial charge in [-0.15, -0.1) is 0 Å². The van der Waals surface area contributed by atoms with Gasteiger partial charge in [0.05, 0.1) is 0 Å². The Labute approximate surface area is 108 Å². The third kappa shape index (κ3) is 1.69. The molecular formula is C16H17NO. The summed E-state index contributed by atoms with van der Waals surface area (Å²) in [7, 11) is 0. The van der Waals surface area contributed by atoms with Crippen LogP contribution in [0.1, 0.15) is 25.0 Å². The molecule has 1 aliphatic heterocycles. The Morgan fingerprint density at radius 3 is 2.61 bits per heavy atom. The number of fused-ring (bicyclic) bond motifs is 2. The van der Waals surface area contributed by atoms with E-state index in [1.165, 1.54) is 16.7 Å². The molecule has 1 atom stereocenters. The monoisotopic (exact) mass is 239 g/mol. The third-order valence-corrected chi connectivity index (χ3v) is 3.77. The SMILES string of the molecule is CC1=CC2=Nc3cc(C)c(C)cc3OC2=CC1C. The summed E-state index contributed by atoms with van der Waals surface area (Å²) in [5.41, 5.74) is 5.70. The van der Waals surface area contributed by atoms with Crippen LogP contribution < -0.4 is 4.74 Å². The number of benzene rings is 1. The van der Waals surface area contributed by atoms with Gasteiger partial charge in [-0.25, -0.2) is 4.99 Å². The molecule has 1 aromatic carbocycles. The minimum absolute atomic E-state index is 0.423. The first-order valence-electron chi connectivity index (χ1n) is 6.33. The summed E-state index contributed by atoms with van der Waals surface area (Å²) in [6.45, 7) is 8.51. The average Bonchev–Trinajstić information content (AvgIpc) is 2.31. The number of allylic oxidation sites excluding steroid dienone is 3. The van der Waals surface area contributed by atoms with Crippen LogP contribution in [0.25, 0.3) is 0 Å². The molecule has 18 heavy (non-hydrogen) atoms. The lowest BCUT2D eigenvalue weighted by atomic mass is 9.94. The van der Waals surface area contributed by atoms with Gasteiger partial charge in [-0.3, -0.25) is 0 Å². The number of aryl methyl sites for hydroxylation is 2. The standard InChI is InChI=1S/C16H17NO/c1-9-5-13-15(7-11(9)3)18-16-8-12(4)10(2)6-14(16)17-13/h5-8,11H,1-4H3. The Morgan fingerprint density at radius 1 is 1.11 bits per heavy atom. The summed E-state index contributed by atoms with van der Waals surface area (Å²) in [4.78, 5) is 4.70. The maximum Gasteiger partial charge on any atom is 0.153 e. The number of hydrogen-bond donors (Lipinski definition) is 0. The molecule has 1 unspecified atom stereocenters. The predicted octanol–water partition coefficient (Wildman–Crippen LogP) is 4.25. The van der Waals surface area contributed by atoms with Crippen LogP contribution in [0.4, 0.5) is 5.69 Å². The molecule has 0 amide bonds. The van der Waals surface area contributed by atoms with Crippen molar-refractivity contribution in [2.24, 2.45) is 10.9 Å². The molecular weight excluding hydrogens is 222 g/mol. The van der Waals surface area contributed by atoms with Gasteiger partial charge in [0, 0.05) is 0 Å². The lowest BCUT2D eigenvalue weighted by molar-refractivity contribution is 0.443. The van der Waals surface area contributed by atoms with E-state index in [0.717, 1.165) is 22.9 Å². The van der Waals surface area contributed by atoms with E-state index in [-0.39, 0.29) is 0 Å². The van der Waals surface area contributed by atoms with Gasteiger partial charge in [-0.2, -0.15) is 0 Å². The number of nitrogens with zero attached hydrogens (tertiary/aromatic N) is 1. The minimum Gasteiger partial charge on any atom is -0.453 e. The van der Waals surface area contributed by atoms with E-state index >= 15 is 0 Å². The molecule has 0 saturated heterocycles. The van der Waals surface area contributed by atoms with Crippen LogP contribution in [0.2, 0.25) is 0 Å². The van der Waals surface area contributed by atoms with E-state index in [1.807, 2.05) is 0 Å². The van der Waals surface area contributed by atoms with Gasteiger partial charge in [-0.05, 0) is 62.1 Å². The zero-order valence-electron chi connectivity index (χ0n) is 11.2. The zero-order valence-corrected chi connectivity index (χ0v) is 11.2. The van der Waals surface area contributed by atoms with E-state index in [1.54, 1.807) is 0 Å². The molecule has 0 radical (unpaired) electrons. The molecule has 0 N–H and O–H groups in total. The molecule has 1 aromatic rings. The van der Waals surface area contributed by atoms with E-state index < -0.39 is 0 Å². The number of hydrogen-bond acceptors (Lipinski definition) is 2. The first-order chi connectivity index (χ1) is 8.54. The van der Waals surface area contributed by atoms with Gasteiger partial charge in [0.1, 0.15) is 17.2 Å². The summed E-state index contributed by atoms with van der Waals surface area (Å²) >= 11 is 0. The summed E-state index contributed by atoms with van der Waals surface area (Å²) in [5, 5.41) is 0. The third-order valence-electron chi connectivity index (χ3n) is 3.77. The molecule has 0 aromatic heterocycles. The minimum atomic E-state index is 0.423. The van der Waals surface area contributed by atoms with Crippen LogP contribution in [0.15, 0.2) is 40.6 Å². The van der Waals surface area contributed by atoms with E-state index in [9.17, 15) is 0 Å². The van der Waals surface area contributed by atoms with Crippen molar-refractivity contribution in [3.63, 3.8) is 0 Å². The zero-order chi connectivity index (χ0) is 12.9. The van der Waals surface area contributed by atoms with Crippen molar-refractivity contribution in [2.75, 3.05) is 0 Å². The molecule has 0 saturated carbocycles. The number of ether oxygens (including phenoxy) is 1. The molecule has 0 spiro atoms. The quantitative estimate of drug-likeness (QED) is 0.663. The van der Waals surface area contributed by atoms with Crippen molar-refractivity contribution in [2.45, 2.75) is 27.7 Å². The van der Waals surface area contributed by atoms with E-state index in [2.05, 4.69) is 52.0 Å². The fraction of sp³-hybridized carbons (Fsp3) is 0.312. The van der Waals surface area contributed by atoms with Crippen molar-refractivity contribution in [3.05, 3.63) is 46.7 Å². The van der Waals surface area contributed by atoms with E-state index in [4.69, 9.17) is 9.73 Å². The summed E-state index contributed by atoms with van der Waals surface area (Å²) in [6, 6.07) is 4.16. The highest BCUT2D eigenvalue weighted by atomic mass is 16.5. The topological polar surface area (TPSA) is 21.6 Å². The smallest absolute Gasteiger partial charge is 0.153 e. The highest BCUT2D eigenvalue weighted by Crippen LogP contribution is 2.38. The highest BCUT2D eigenvalue weighted by molar-refractivity contribution is 6.11. The van der Waals surface area contributed by atoms with Crippen molar-refractivity contribution in [3.8, 4) is 5.75 Å².